The Kier molecular flexibility index (Phi) is 7.76. The molecule has 2 N–H and O–H groups in total. The van der Waals surface area contributed by atoms with Crippen molar-refractivity contribution in [2.75, 3.05) is 13.2 Å². The highest BCUT2D eigenvalue weighted by Crippen LogP contribution is 2.32. The van der Waals surface area contributed by atoms with E-state index in [9.17, 15) is 0 Å². The summed E-state index contributed by atoms with van der Waals surface area (Å²) in [4.78, 5) is 0. The Labute approximate surface area is 118 Å². The van der Waals surface area contributed by atoms with E-state index in [2.05, 4.69) is 45.0 Å². The second-order valence-corrected chi connectivity index (χ2v) is 5.30. The topological polar surface area (TPSA) is 35.2 Å². The zero-order valence-electron chi connectivity index (χ0n) is 12.7. The fourth-order valence-corrected chi connectivity index (χ4v) is 2.58. The van der Waals surface area contributed by atoms with E-state index >= 15 is 0 Å². The van der Waals surface area contributed by atoms with Gasteiger partial charge in [0.25, 0.3) is 0 Å². The Hall–Kier alpha value is -0.860. The number of aryl methyl sites for hydroxylation is 1. The molecule has 0 aromatic heterocycles. The summed E-state index contributed by atoms with van der Waals surface area (Å²) < 4.78 is 6.06. The zero-order chi connectivity index (χ0) is 14.1. The maximum absolute atomic E-state index is 6.06. The van der Waals surface area contributed by atoms with Gasteiger partial charge in [-0.2, -0.15) is 0 Å². The van der Waals surface area contributed by atoms with Crippen molar-refractivity contribution in [3.05, 3.63) is 35.4 Å². The average molecular weight is 263 g/mol. The summed E-state index contributed by atoms with van der Waals surface area (Å²) in [5, 5.41) is 0. The summed E-state index contributed by atoms with van der Waals surface area (Å²) in [6, 6.07) is 8.69. The molecule has 1 rings (SSSR count). The van der Waals surface area contributed by atoms with E-state index in [1.54, 1.807) is 0 Å². The van der Waals surface area contributed by atoms with Crippen LogP contribution in [0.4, 0.5) is 0 Å². The third-order valence-electron chi connectivity index (χ3n) is 3.67. The fraction of sp³-hybridized carbons (Fsp3) is 0.647. The zero-order valence-corrected chi connectivity index (χ0v) is 12.7. The van der Waals surface area contributed by atoms with Crippen LogP contribution in [0.25, 0.3) is 0 Å². The van der Waals surface area contributed by atoms with Gasteiger partial charge in [-0.15, -0.1) is 0 Å². The van der Waals surface area contributed by atoms with Gasteiger partial charge in [0.2, 0.25) is 0 Å². The average Bonchev–Trinajstić information content (AvgIpc) is 2.42. The Bertz CT molecular complexity index is 351. The standard InChI is InChI=1S/C17H29NO/c1-4-6-9-15(5-2)17(19-12-11-18)16-10-7-8-14(3)13-16/h7-8,10,13,15,17H,4-6,9,11-12,18H2,1-3H3/t15-,17+/m0/s1. The first-order valence-electron chi connectivity index (χ1n) is 7.61. The van der Waals surface area contributed by atoms with E-state index in [1.807, 2.05) is 0 Å². The number of ether oxygens (including phenoxy) is 1. The number of unbranched alkanes of at least 4 members (excludes halogenated alkanes) is 1. The van der Waals surface area contributed by atoms with Gasteiger partial charge in [-0.05, 0) is 24.8 Å². The van der Waals surface area contributed by atoms with Crippen LogP contribution in [0.1, 0.15) is 56.8 Å². The molecule has 0 bridgehead atoms. The molecule has 2 heteroatoms. The number of nitrogens with two attached hydrogens (primary N) is 1. The number of benzene rings is 1. The fourth-order valence-electron chi connectivity index (χ4n) is 2.58. The van der Waals surface area contributed by atoms with Gasteiger partial charge in [-0.25, -0.2) is 0 Å². The maximum atomic E-state index is 6.06. The predicted octanol–water partition coefficient (Wildman–Crippen LogP) is 4.23. The molecule has 0 aliphatic carbocycles. The molecular formula is C17H29NO. The first-order chi connectivity index (χ1) is 9.22. The van der Waals surface area contributed by atoms with E-state index < -0.39 is 0 Å². The molecule has 0 heterocycles. The van der Waals surface area contributed by atoms with E-state index in [4.69, 9.17) is 10.5 Å². The van der Waals surface area contributed by atoms with Crippen LogP contribution >= 0.6 is 0 Å². The smallest absolute Gasteiger partial charge is 0.0853 e. The van der Waals surface area contributed by atoms with Gasteiger partial charge in [-0.1, -0.05) is 62.9 Å². The summed E-state index contributed by atoms with van der Waals surface area (Å²) in [7, 11) is 0. The molecule has 0 radical (unpaired) electrons. The third kappa shape index (κ3) is 5.33. The molecule has 1 aromatic carbocycles. The summed E-state index contributed by atoms with van der Waals surface area (Å²) in [6.07, 6.45) is 5.10. The lowest BCUT2D eigenvalue weighted by Gasteiger charge is -2.27. The van der Waals surface area contributed by atoms with E-state index in [-0.39, 0.29) is 6.10 Å². The molecular weight excluding hydrogens is 234 g/mol. The van der Waals surface area contributed by atoms with Crippen molar-refractivity contribution in [3.63, 3.8) is 0 Å². The number of hydrogen-bond acceptors (Lipinski definition) is 2. The first-order valence-corrected chi connectivity index (χ1v) is 7.61. The third-order valence-corrected chi connectivity index (χ3v) is 3.67. The molecule has 0 amide bonds. The van der Waals surface area contributed by atoms with Crippen molar-refractivity contribution >= 4 is 0 Å². The van der Waals surface area contributed by atoms with Gasteiger partial charge in [0.05, 0.1) is 12.7 Å². The summed E-state index contributed by atoms with van der Waals surface area (Å²) in [5.41, 5.74) is 8.20. The van der Waals surface area contributed by atoms with Gasteiger partial charge in [-0.3, -0.25) is 0 Å². The van der Waals surface area contributed by atoms with Crippen molar-refractivity contribution in [2.24, 2.45) is 11.7 Å². The van der Waals surface area contributed by atoms with Crippen LogP contribution in [0.15, 0.2) is 24.3 Å². The largest absolute Gasteiger partial charge is 0.372 e. The number of rotatable bonds is 9. The highest BCUT2D eigenvalue weighted by Gasteiger charge is 2.22. The minimum atomic E-state index is 0.194. The predicted molar refractivity (Wildman–Crippen MR) is 82.2 cm³/mol. The van der Waals surface area contributed by atoms with Gasteiger partial charge in [0.15, 0.2) is 0 Å². The highest BCUT2D eigenvalue weighted by atomic mass is 16.5. The van der Waals surface area contributed by atoms with Gasteiger partial charge >= 0.3 is 0 Å². The molecule has 2 nitrogen and oxygen atoms in total. The molecule has 0 aliphatic heterocycles. The van der Waals surface area contributed by atoms with Crippen LogP contribution < -0.4 is 5.73 Å². The Morgan fingerprint density at radius 3 is 2.63 bits per heavy atom. The molecule has 0 aliphatic rings. The van der Waals surface area contributed by atoms with E-state index in [1.165, 1.54) is 30.4 Å². The van der Waals surface area contributed by atoms with Crippen LogP contribution in [-0.2, 0) is 4.74 Å². The second kappa shape index (κ2) is 9.11. The maximum Gasteiger partial charge on any atom is 0.0853 e. The summed E-state index contributed by atoms with van der Waals surface area (Å²) in [5.74, 6) is 0.591. The molecule has 19 heavy (non-hydrogen) atoms. The van der Waals surface area contributed by atoms with Crippen LogP contribution in [0.5, 0.6) is 0 Å². The minimum Gasteiger partial charge on any atom is -0.372 e. The van der Waals surface area contributed by atoms with Crippen LogP contribution in [0, 0.1) is 12.8 Å². The molecule has 2 atom stereocenters. The lowest BCUT2D eigenvalue weighted by molar-refractivity contribution is 0.00997. The van der Waals surface area contributed by atoms with Crippen LogP contribution in [0.2, 0.25) is 0 Å². The van der Waals surface area contributed by atoms with Crippen molar-refractivity contribution in [1.29, 1.82) is 0 Å². The van der Waals surface area contributed by atoms with E-state index in [0.717, 1.165) is 6.42 Å². The van der Waals surface area contributed by atoms with Gasteiger partial charge in [0.1, 0.15) is 0 Å². The monoisotopic (exact) mass is 263 g/mol. The van der Waals surface area contributed by atoms with E-state index in [0.29, 0.717) is 19.1 Å². The Morgan fingerprint density at radius 2 is 2.05 bits per heavy atom. The molecule has 0 saturated carbocycles. The summed E-state index contributed by atoms with van der Waals surface area (Å²) in [6.45, 7) is 7.87. The van der Waals surface area contributed by atoms with Gasteiger partial charge in [0, 0.05) is 6.54 Å². The lowest BCUT2D eigenvalue weighted by atomic mass is 9.88. The normalized spacial score (nSPS) is 14.3. The SMILES string of the molecule is CCCC[C@H](CC)[C@@H](OCCN)c1cccc(C)c1. The lowest BCUT2D eigenvalue weighted by Crippen LogP contribution is -2.20. The highest BCUT2D eigenvalue weighted by molar-refractivity contribution is 5.24. The minimum absolute atomic E-state index is 0.194. The quantitative estimate of drug-likeness (QED) is 0.723. The molecule has 108 valence electrons. The second-order valence-electron chi connectivity index (χ2n) is 5.30. The molecule has 0 spiro atoms. The van der Waals surface area contributed by atoms with Crippen molar-refractivity contribution < 1.29 is 4.74 Å². The summed E-state index contributed by atoms with van der Waals surface area (Å²) >= 11 is 0. The molecule has 0 unspecified atom stereocenters. The van der Waals surface area contributed by atoms with Crippen LogP contribution in [-0.4, -0.2) is 13.2 Å². The van der Waals surface area contributed by atoms with Crippen molar-refractivity contribution in [1.82, 2.24) is 0 Å². The van der Waals surface area contributed by atoms with Crippen molar-refractivity contribution in [3.8, 4) is 0 Å². The Morgan fingerprint density at radius 1 is 1.26 bits per heavy atom. The number of hydrogen-bond donors (Lipinski definition) is 1. The van der Waals surface area contributed by atoms with Gasteiger partial charge < -0.3 is 10.5 Å². The molecule has 1 aromatic rings. The molecule has 0 fully saturated rings. The molecule has 0 saturated heterocycles. The van der Waals surface area contributed by atoms with Crippen LogP contribution in [0.3, 0.4) is 0 Å². The first kappa shape index (κ1) is 16.2. The van der Waals surface area contributed by atoms with Crippen molar-refractivity contribution in [2.45, 2.75) is 52.6 Å². The Balaban J connectivity index is 2.85.